The van der Waals surface area contributed by atoms with Crippen LogP contribution >= 0.6 is 0 Å². The lowest BCUT2D eigenvalue weighted by Crippen LogP contribution is -2.17. The van der Waals surface area contributed by atoms with Gasteiger partial charge < -0.3 is 0 Å². The molecule has 0 spiro atoms. The number of ketones is 1. The lowest BCUT2D eigenvalue weighted by Gasteiger charge is -1.95. The van der Waals surface area contributed by atoms with E-state index < -0.39 is 15.1 Å². The van der Waals surface area contributed by atoms with E-state index in [1.165, 1.54) is 6.92 Å². The summed E-state index contributed by atoms with van der Waals surface area (Å²) in [6.07, 6.45) is 0.212. The van der Waals surface area contributed by atoms with Gasteiger partial charge in [-0.2, -0.15) is 0 Å². The van der Waals surface area contributed by atoms with Gasteiger partial charge in [0, 0.05) is 6.42 Å². The largest absolute Gasteiger partial charge is 0.298 e. The Morgan fingerprint density at radius 3 is 2.22 bits per heavy atom. The van der Waals surface area contributed by atoms with Crippen molar-refractivity contribution in [1.82, 2.24) is 0 Å². The Labute approximate surface area is 54.0 Å². The van der Waals surface area contributed by atoms with Crippen molar-refractivity contribution < 1.29 is 13.2 Å². The highest BCUT2D eigenvalue weighted by Gasteiger charge is 2.34. The molecule has 1 aliphatic rings. The van der Waals surface area contributed by atoms with E-state index in [9.17, 15) is 13.2 Å². The van der Waals surface area contributed by atoms with Gasteiger partial charge in [-0.1, -0.05) is 0 Å². The van der Waals surface area contributed by atoms with E-state index in [0.29, 0.717) is 0 Å². The van der Waals surface area contributed by atoms with Crippen molar-refractivity contribution in [3.63, 3.8) is 0 Å². The minimum atomic E-state index is -3.02. The Morgan fingerprint density at radius 1 is 1.56 bits per heavy atom. The highest BCUT2D eigenvalue weighted by molar-refractivity contribution is 7.93. The van der Waals surface area contributed by atoms with Crippen molar-refractivity contribution in [1.29, 1.82) is 0 Å². The normalized spacial score (nSPS) is 33.0. The standard InChI is InChI=1S/C5H8O3S/c1-4-5(6)2-3-9(4,7)8/h4H,2-3H2,1H3. The summed E-state index contributed by atoms with van der Waals surface area (Å²) in [5, 5.41) is -0.738. The van der Waals surface area contributed by atoms with Crippen LogP contribution in [-0.2, 0) is 14.6 Å². The third kappa shape index (κ3) is 0.986. The summed E-state index contributed by atoms with van der Waals surface area (Å²) in [5.41, 5.74) is 0. The van der Waals surface area contributed by atoms with Crippen LogP contribution in [0.1, 0.15) is 13.3 Å². The van der Waals surface area contributed by atoms with Gasteiger partial charge in [-0.3, -0.25) is 4.79 Å². The average molecular weight is 148 g/mol. The van der Waals surface area contributed by atoms with Crippen LogP contribution in [0.4, 0.5) is 0 Å². The van der Waals surface area contributed by atoms with Crippen molar-refractivity contribution in [2.45, 2.75) is 18.6 Å². The number of carbonyl (C=O) groups excluding carboxylic acids is 1. The lowest BCUT2D eigenvalue weighted by molar-refractivity contribution is -0.117. The highest BCUT2D eigenvalue weighted by Crippen LogP contribution is 2.14. The topological polar surface area (TPSA) is 51.2 Å². The Hall–Kier alpha value is -0.380. The van der Waals surface area contributed by atoms with Crippen LogP contribution in [0.25, 0.3) is 0 Å². The molecule has 1 heterocycles. The number of rotatable bonds is 0. The Bertz CT molecular complexity index is 227. The molecule has 0 saturated carbocycles. The number of hydrogen-bond donors (Lipinski definition) is 0. The van der Waals surface area contributed by atoms with Crippen LogP contribution in [-0.4, -0.2) is 25.2 Å². The molecule has 0 aromatic rings. The third-order valence-corrected chi connectivity index (χ3v) is 3.74. The van der Waals surface area contributed by atoms with E-state index in [4.69, 9.17) is 0 Å². The van der Waals surface area contributed by atoms with Crippen LogP contribution in [0.15, 0.2) is 0 Å². The minimum absolute atomic E-state index is 0.0486. The summed E-state index contributed by atoms with van der Waals surface area (Å²) < 4.78 is 21.5. The predicted octanol–water partition coefficient (Wildman–Crippen LogP) is -0.237. The first kappa shape index (κ1) is 6.74. The van der Waals surface area contributed by atoms with Gasteiger partial charge in [0.2, 0.25) is 0 Å². The molecule has 1 saturated heterocycles. The van der Waals surface area contributed by atoms with Gasteiger partial charge in [-0.05, 0) is 6.92 Å². The molecule has 0 radical (unpaired) electrons. The van der Waals surface area contributed by atoms with E-state index in [0.717, 1.165) is 0 Å². The maximum atomic E-state index is 10.8. The monoisotopic (exact) mass is 148 g/mol. The summed E-state index contributed by atoms with van der Waals surface area (Å²) in [7, 11) is -3.02. The van der Waals surface area contributed by atoms with Crippen LogP contribution in [0.5, 0.6) is 0 Å². The van der Waals surface area contributed by atoms with Gasteiger partial charge in [0.25, 0.3) is 0 Å². The van der Waals surface area contributed by atoms with Gasteiger partial charge in [0.05, 0.1) is 5.75 Å². The van der Waals surface area contributed by atoms with Crippen molar-refractivity contribution in [3.05, 3.63) is 0 Å². The number of sulfone groups is 1. The van der Waals surface area contributed by atoms with Crippen molar-refractivity contribution in [2.24, 2.45) is 0 Å². The lowest BCUT2D eigenvalue weighted by atomic mass is 10.2. The maximum absolute atomic E-state index is 10.8. The van der Waals surface area contributed by atoms with Crippen molar-refractivity contribution in [3.8, 4) is 0 Å². The Morgan fingerprint density at radius 2 is 2.11 bits per heavy atom. The average Bonchev–Trinajstić information content (AvgIpc) is 1.97. The second kappa shape index (κ2) is 1.80. The SMILES string of the molecule is CC1C(=O)CCS1(=O)=O. The number of Topliss-reactive ketones (excluding diaryl/α,β-unsaturated/α-hetero) is 1. The van der Waals surface area contributed by atoms with E-state index in [2.05, 4.69) is 0 Å². The summed E-state index contributed by atoms with van der Waals surface area (Å²) in [6, 6.07) is 0. The van der Waals surface area contributed by atoms with Gasteiger partial charge in [-0.25, -0.2) is 8.42 Å². The second-order valence-electron chi connectivity index (χ2n) is 2.23. The molecular formula is C5H8O3S. The molecule has 1 atom stereocenters. The molecule has 0 amide bonds. The predicted molar refractivity (Wildman–Crippen MR) is 32.9 cm³/mol. The first-order chi connectivity index (χ1) is 4.04. The van der Waals surface area contributed by atoms with E-state index >= 15 is 0 Å². The molecule has 0 aromatic heterocycles. The number of carbonyl (C=O) groups is 1. The zero-order chi connectivity index (χ0) is 7.07. The quantitative estimate of drug-likeness (QED) is 0.476. The van der Waals surface area contributed by atoms with Crippen LogP contribution in [0.2, 0.25) is 0 Å². The highest BCUT2D eigenvalue weighted by atomic mass is 32.2. The molecule has 3 nitrogen and oxygen atoms in total. The van der Waals surface area contributed by atoms with E-state index in [1.807, 2.05) is 0 Å². The minimum Gasteiger partial charge on any atom is -0.298 e. The Kier molecular flexibility index (Phi) is 1.35. The first-order valence-electron chi connectivity index (χ1n) is 2.78. The molecule has 0 aromatic carbocycles. The smallest absolute Gasteiger partial charge is 0.160 e. The van der Waals surface area contributed by atoms with Crippen molar-refractivity contribution in [2.75, 3.05) is 5.75 Å². The summed E-state index contributed by atoms with van der Waals surface area (Å²) in [4.78, 5) is 10.6. The van der Waals surface area contributed by atoms with Gasteiger partial charge in [0.1, 0.15) is 5.25 Å². The molecule has 0 bridgehead atoms. The van der Waals surface area contributed by atoms with Gasteiger partial charge >= 0.3 is 0 Å². The van der Waals surface area contributed by atoms with Gasteiger partial charge in [-0.15, -0.1) is 0 Å². The van der Waals surface area contributed by atoms with Crippen molar-refractivity contribution >= 4 is 15.6 Å². The fraction of sp³-hybridized carbons (Fsp3) is 0.800. The molecule has 9 heavy (non-hydrogen) atoms. The first-order valence-corrected chi connectivity index (χ1v) is 4.50. The van der Waals surface area contributed by atoms with Crippen LogP contribution < -0.4 is 0 Å². The third-order valence-electron chi connectivity index (χ3n) is 1.63. The molecular weight excluding hydrogens is 140 g/mol. The summed E-state index contributed by atoms with van der Waals surface area (Å²) >= 11 is 0. The summed E-state index contributed by atoms with van der Waals surface area (Å²) in [6.45, 7) is 1.45. The molecule has 4 heteroatoms. The zero-order valence-electron chi connectivity index (χ0n) is 5.12. The zero-order valence-corrected chi connectivity index (χ0v) is 5.94. The molecule has 1 fully saturated rings. The molecule has 0 aliphatic carbocycles. The Balaban J connectivity index is 3.00. The second-order valence-corrected chi connectivity index (χ2v) is 4.67. The van der Waals surface area contributed by atoms with E-state index in [-0.39, 0.29) is 18.0 Å². The van der Waals surface area contributed by atoms with E-state index in [1.54, 1.807) is 0 Å². The summed E-state index contributed by atoms with van der Waals surface area (Å²) in [5.74, 6) is -0.0949. The fourth-order valence-corrected chi connectivity index (χ4v) is 2.18. The molecule has 1 unspecified atom stereocenters. The molecule has 0 N–H and O–H groups in total. The fourth-order valence-electron chi connectivity index (χ4n) is 0.823. The molecule has 52 valence electrons. The molecule has 1 aliphatic heterocycles. The van der Waals surface area contributed by atoms with Gasteiger partial charge in [0.15, 0.2) is 15.6 Å². The maximum Gasteiger partial charge on any atom is 0.160 e. The van der Waals surface area contributed by atoms with Crippen LogP contribution in [0.3, 0.4) is 0 Å². The van der Waals surface area contributed by atoms with Crippen LogP contribution in [0, 0.1) is 0 Å². The number of hydrogen-bond acceptors (Lipinski definition) is 3. The molecule has 1 rings (SSSR count).